The summed E-state index contributed by atoms with van der Waals surface area (Å²) in [5.41, 5.74) is 2.25. The Morgan fingerprint density at radius 2 is 1.92 bits per heavy atom. The van der Waals surface area contributed by atoms with Crippen molar-refractivity contribution in [3.63, 3.8) is 0 Å². The second-order valence-corrected chi connectivity index (χ2v) is 6.66. The first kappa shape index (κ1) is 17.5. The SMILES string of the molecule is CC(c1ccccc1OCc1ccccc1)N1CCCC(C(=O)O)C1. The largest absolute Gasteiger partial charge is 0.489 e. The molecule has 4 nitrogen and oxygen atoms in total. The molecule has 2 aromatic rings. The highest BCUT2D eigenvalue weighted by atomic mass is 16.5. The van der Waals surface area contributed by atoms with Gasteiger partial charge in [-0.15, -0.1) is 0 Å². The van der Waals surface area contributed by atoms with Crippen LogP contribution in [-0.4, -0.2) is 29.1 Å². The molecule has 132 valence electrons. The predicted octanol–water partition coefficient (Wildman–Crippen LogP) is 4.12. The number of hydrogen-bond acceptors (Lipinski definition) is 3. The van der Waals surface area contributed by atoms with Crippen molar-refractivity contribution in [2.24, 2.45) is 5.92 Å². The van der Waals surface area contributed by atoms with Crippen LogP contribution in [0.4, 0.5) is 0 Å². The van der Waals surface area contributed by atoms with Crippen molar-refractivity contribution in [2.45, 2.75) is 32.4 Å². The molecule has 1 N–H and O–H groups in total. The first-order valence-corrected chi connectivity index (χ1v) is 8.87. The van der Waals surface area contributed by atoms with Crippen molar-refractivity contribution >= 4 is 5.97 Å². The summed E-state index contributed by atoms with van der Waals surface area (Å²) in [5.74, 6) is -0.0876. The van der Waals surface area contributed by atoms with Gasteiger partial charge in [-0.3, -0.25) is 9.69 Å². The summed E-state index contributed by atoms with van der Waals surface area (Å²) in [4.78, 5) is 13.6. The Labute approximate surface area is 149 Å². The average Bonchev–Trinajstić information content (AvgIpc) is 2.67. The third-order valence-electron chi connectivity index (χ3n) is 4.96. The molecule has 3 rings (SSSR count). The molecule has 0 aromatic heterocycles. The smallest absolute Gasteiger partial charge is 0.307 e. The zero-order valence-electron chi connectivity index (χ0n) is 14.6. The molecule has 2 unspecified atom stereocenters. The van der Waals surface area contributed by atoms with Crippen molar-refractivity contribution in [3.8, 4) is 5.75 Å². The summed E-state index contributed by atoms with van der Waals surface area (Å²) in [6.45, 7) is 4.19. The fraction of sp³-hybridized carbons (Fsp3) is 0.381. The average molecular weight is 339 g/mol. The molecule has 0 spiro atoms. The molecular formula is C21H25NO3. The molecule has 1 saturated heterocycles. The van der Waals surface area contributed by atoms with Crippen molar-refractivity contribution in [1.82, 2.24) is 4.90 Å². The number of benzene rings is 2. The number of nitrogens with zero attached hydrogens (tertiary/aromatic N) is 1. The minimum absolute atomic E-state index is 0.133. The van der Waals surface area contributed by atoms with Gasteiger partial charge in [0.25, 0.3) is 0 Å². The number of carboxylic acid groups (broad SMARTS) is 1. The van der Waals surface area contributed by atoms with Gasteiger partial charge in [-0.25, -0.2) is 0 Å². The molecule has 0 amide bonds. The molecule has 0 radical (unpaired) electrons. The zero-order chi connectivity index (χ0) is 17.6. The third-order valence-corrected chi connectivity index (χ3v) is 4.96. The number of para-hydroxylation sites is 1. The number of likely N-dealkylation sites (tertiary alicyclic amines) is 1. The highest BCUT2D eigenvalue weighted by Crippen LogP contribution is 2.32. The Morgan fingerprint density at radius 1 is 1.20 bits per heavy atom. The van der Waals surface area contributed by atoms with Gasteiger partial charge in [-0.1, -0.05) is 48.5 Å². The lowest BCUT2D eigenvalue weighted by Crippen LogP contribution is -2.40. The number of aliphatic carboxylic acids is 1. The summed E-state index contributed by atoms with van der Waals surface area (Å²) < 4.78 is 6.07. The highest BCUT2D eigenvalue weighted by molar-refractivity contribution is 5.70. The highest BCUT2D eigenvalue weighted by Gasteiger charge is 2.29. The Kier molecular flexibility index (Phi) is 5.71. The monoisotopic (exact) mass is 339 g/mol. The molecule has 0 saturated carbocycles. The van der Waals surface area contributed by atoms with E-state index in [1.165, 1.54) is 0 Å². The third kappa shape index (κ3) is 4.40. The summed E-state index contributed by atoms with van der Waals surface area (Å²) in [6.07, 6.45) is 1.69. The maximum Gasteiger partial charge on any atom is 0.307 e. The normalized spacial score (nSPS) is 19.3. The van der Waals surface area contributed by atoms with Gasteiger partial charge in [0.15, 0.2) is 0 Å². The van der Waals surface area contributed by atoms with Crippen molar-refractivity contribution in [1.29, 1.82) is 0 Å². The summed E-state index contributed by atoms with van der Waals surface area (Å²) in [6, 6.07) is 18.3. The molecule has 1 heterocycles. The van der Waals surface area contributed by atoms with Crippen LogP contribution < -0.4 is 4.74 Å². The molecule has 4 heteroatoms. The maximum absolute atomic E-state index is 11.3. The van der Waals surface area contributed by atoms with Gasteiger partial charge >= 0.3 is 5.97 Å². The van der Waals surface area contributed by atoms with Gasteiger partial charge in [-0.05, 0) is 37.9 Å². The van der Waals surface area contributed by atoms with Crippen LogP contribution >= 0.6 is 0 Å². The van der Waals surface area contributed by atoms with Crippen LogP contribution in [-0.2, 0) is 11.4 Å². The van der Waals surface area contributed by atoms with E-state index in [4.69, 9.17) is 4.74 Å². The topological polar surface area (TPSA) is 49.8 Å². The molecule has 2 atom stereocenters. The van der Waals surface area contributed by atoms with E-state index < -0.39 is 5.97 Å². The van der Waals surface area contributed by atoms with Crippen LogP contribution in [0.1, 0.15) is 36.9 Å². The van der Waals surface area contributed by atoms with E-state index in [-0.39, 0.29) is 12.0 Å². The molecule has 1 aliphatic rings. The van der Waals surface area contributed by atoms with Crippen molar-refractivity contribution in [2.75, 3.05) is 13.1 Å². The van der Waals surface area contributed by atoms with Crippen LogP contribution in [0.25, 0.3) is 0 Å². The van der Waals surface area contributed by atoms with Crippen LogP contribution in [0.3, 0.4) is 0 Å². The Balaban J connectivity index is 1.72. The maximum atomic E-state index is 11.3. The van der Waals surface area contributed by atoms with Crippen molar-refractivity contribution in [3.05, 3.63) is 65.7 Å². The molecule has 25 heavy (non-hydrogen) atoms. The van der Waals surface area contributed by atoms with Gasteiger partial charge in [0.05, 0.1) is 5.92 Å². The number of carboxylic acids is 1. The van der Waals surface area contributed by atoms with Crippen molar-refractivity contribution < 1.29 is 14.6 Å². The summed E-state index contributed by atoms with van der Waals surface area (Å²) >= 11 is 0. The minimum Gasteiger partial charge on any atom is -0.489 e. The molecule has 0 bridgehead atoms. The van der Waals surface area contributed by atoms with Crippen LogP contribution in [0.15, 0.2) is 54.6 Å². The number of hydrogen-bond donors (Lipinski definition) is 1. The Hall–Kier alpha value is -2.33. The standard InChI is InChI=1S/C21H25NO3/c1-16(22-13-7-10-18(14-22)21(23)24)19-11-5-6-12-20(19)25-15-17-8-3-2-4-9-17/h2-6,8-9,11-12,16,18H,7,10,13-15H2,1H3,(H,23,24). The summed E-state index contributed by atoms with van der Waals surface area (Å²) in [5, 5.41) is 9.32. The van der Waals surface area contributed by atoms with Gasteiger partial charge in [0, 0.05) is 18.2 Å². The minimum atomic E-state index is -0.689. The van der Waals surface area contributed by atoms with E-state index in [2.05, 4.69) is 17.9 Å². The lowest BCUT2D eigenvalue weighted by Gasteiger charge is -2.36. The van der Waals surface area contributed by atoms with Gasteiger partial charge in [-0.2, -0.15) is 0 Å². The van der Waals surface area contributed by atoms with Crippen LogP contribution in [0.2, 0.25) is 0 Å². The van der Waals surface area contributed by atoms with E-state index in [0.717, 1.165) is 36.3 Å². The fourth-order valence-electron chi connectivity index (χ4n) is 3.45. The summed E-state index contributed by atoms with van der Waals surface area (Å²) in [7, 11) is 0. The van der Waals surface area contributed by atoms with E-state index in [9.17, 15) is 9.90 Å². The number of ether oxygens (including phenoxy) is 1. The number of piperidine rings is 1. The first-order valence-electron chi connectivity index (χ1n) is 8.87. The number of carbonyl (C=O) groups is 1. The van der Waals surface area contributed by atoms with Gasteiger partial charge in [0.2, 0.25) is 0 Å². The van der Waals surface area contributed by atoms with E-state index in [1.807, 2.05) is 48.5 Å². The van der Waals surface area contributed by atoms with E-state index in [0.29, 0.717) is 13.2 Å². The molecular weight excluding hydrogens is 314 g/mol. The van der Waals surface area contributed by atoms with Gasteiger partial charge < -0.3 is 9.84 Å². The Morgan fingerprint density at radius 3 is 2.68 bits per heavy atom. The fourth-order valence-corrected chi connectivity index (χ4v) is 3.45. The quantitative estimate of drug-likeness (QED) is 0.860. The zero-order valence-corrected chi connectivity index (χ0v) is 14.6. The number of rotatable bonds is 6. The molecule has 2 aromatic carbocycles. The van der Waals surface area contributed by atoms with Crippen LogP contribution in [0, 0.1) is 5.92 Å². The Bertz CT molecular complexity index is 701. The second-order valence-electron chi connectivity index (χ2n) is 6.66. The molecule has 1 aliphatic heterocycles. The molecule has 0 aliphatic carbocycles. The van der Waals surface area contributed by atoms with E-state index >= 15 is 0 Å². The molecule has 1 fully saturated rings. The van der Waals surface area contributed by atoms with E-state index in [1.54, 1.807) is 0 Å². The van der Waals surface area contributed by atoms with Crippen LogP contribution in [0.5, 0.6) is 5.75 Å². The first-order chi connectivity index (χ1) is 12.1. The van der Waals surface area contributed by atoms with Gasteiger partial charge in [0.1, 0.15) is 12.4 Å². The predicted molar refractivity (Wildman–Crippen MR) is 97.6 cm³/mol. The second kappa shape index (κ2) is 8.17. The lowest BCUT2D eigenvalue weighted by molar-refractivity contribution is -0.143. The lowest BCUT2D eigenvalue weighted by atomic mass is 9.95.